The van der Waals surface area contributed by atoms with Crippen molar-refractivity contribution in [2.45, 2.75) is 38.9 Å². The molecule has 2 unspecified atom stereocenters. The summed E-state index contributed by atoms with van der Waals surface area (Å²) in [6.07, 6.45) is 5.57. The topological polar surface area (TPSA) is 74.0 Å². The number of rotatable bonds is 7. The lowest BCUT2D eigenvalue weighted by Gasteiger charge is -2.32. The van der Waals surface area contributed by atoms with Gasteiger partial charge in [-0.25, -0.2) is 4.98 Å². The molecule has 1 amide bonds. The zero-order valence-corrected chi connectivity index (χ0v) is 18.4. The second-order valence-corrected chi connectivity index (χ2v) is 8.55. The summed E-state index contributed by atoms with van der Waals surface area (Å²) in [4.78, 5) is 19.7. The quantitative estimate of drug-likeness (QED) is 0.621. The van der Waals surface area contributed by atoms with E-state index in [0.29, 0.717) is 12.1 Å². The third-order valence-electron chi connectivity index (χ3n) is 6.11. The standard InChI is InChI=1S/C26H29N5O/c1-20(25-15-28-19-31(25)17-23-11-9-21(14-27)10-12-23)29-26(32)24-8-5-13-30(18-24)16-22-6-3-2-4-7-22/h2-4,6-7,9-12,15,19-20,24H,5,8,13,16-18H2,1H3,(H,29,32). The molecule has 0 bridgehead atoms. The molecule has 1 saturated heterocycles. The predicted molar refractivity (Wildman–Crippen MR) is 123 cm³/mol. The van der Waals surface area contributed by atoms with Gasteiger partial charge in [0.25, 0.3) is 0 Å². The van der Waals surface area contributed by atoms with E-state index in [0.717, 1.165) is 43.7 Å². The average molecular weight is 428 g/mol. The number of nitrogens with zero attached hydrogens (tertiary/aromatic N) is 4. The Labute approximate surface area is 189 Å². The molecule has 2 aromatic carbocycles. The van der Waals surface area contributed by atoms with E-state index in [2.05, 4.69) is 50.1 Å². The van der Waals surface area contributed by atoms with Crippen molar-refractivity contribution in [3.63, 3.8) is 0 Å². The van der Waals surface area contributed by atoms with Crippen LogP contribution in [0.2, 0.25) is 0 Å². The number of piperidine rings is 1. The van der Waals surface area contributed by atoms with Gasteiger partial charge >= 0.3 is 0 Å². The first-order valence-corrected chi connectivity index (χ1v) is 11.2. The van der Waals surface area contributed by atoms with E-state index in [1.54, 1.807) is 6.33 Å². The highest BCUT2D eigenvalue weighted by Gasteiger charge is 2.27. The van der Waals surface area contributed by atoms with Crippen LogP contribution in [0.1, 0.15) is 48.2 Å². The highest BCUT2D eigenvalue weighted by Crippen LogP contribution is 2.21. The Hall–Kier alpha value is -3.43. The molecule has 0 spiro atoms. The number of aromatic nitrogens is 2. The Bertz CT molecular complexity index is 1070. The fraction of sp³-hybridized carbons (Fsp3) is 0.346. The van der Waals surface area contributed by atoms with E-state index in [9.17, 15) is 4.79 Å². The van der Waals surface area contributed by atoms with E-state index in [1.807, 2.05) is 43.5 Å². The van der Waals surface area contributed by atoms with Gasteiger partial charge in [-0.1, -0.05) is 42.5 Å². The number of nitriles is 1. The molecule has 0 aliphatic carbocycles. The van der Waals surface area contributed by atoms with E-state index in [4.69, 9.17) is 5.26 Å². The Kier molecular flexibility index (Phi) is 6.98. The van der Waals surface area contributed by atoms with Crippen molar-refractivity contribution in [3.05, 3.63) is 89.5 Å². The number of benzene rings is 2. The van der Waals surface area contributed by atoms with Gasteiger partial charge in [-0.3, -0.25) is 9.69 Å². The molecule has 2 atom stereocenters. The lowest BCUT2D eigenvalue weighted by molar-refractivity contribution is -0.127. The lowest BCUT2D eigenvalue weighted by atomic mass is 9.96. The van der Waals surface area contributed by atoms with Crippen LogP contribution < -0.4 is 5.32 Å². The van der Waals surface area contributed by atoms with Gasteiger partial charge in [-0.15, -0.1) is 0 Å². The van der Waals surface area contributed by atoms with Gasteiger partial charge in [0.15, 0.2) is 0 Å². The Balaban J connectivity index is 1.35. The zero-order valence-electron chi connectivity index (χ0n) is 18.4. The van der Waals surface area contributed by atoms with Gasteiger partial charge in [0.1, 0.15) is 0 Å². The van der Waals surface area contributed by atoms with E-state index in [1.165, 1.54) is 5.56 Å². The normalized spacial score (nSPS) is 17.4. The van der Waals surface area contributed by atoms with Crippen molar-refractivity contribution in [1.29, 1.82) is 5.26 Å². The molecule has 6 heteroatoms. The fourth-order valence-corrected chi connectivity index (χ4v) is 4.36. The highest BCUT2D eigenvalue weighted by molar-refractivity contribution is 5.79. The molecule has 1 aromatic heterocycles. The van der Waals surface area contributed by atoms with Crippen LogP contribution in [0.3, 0.4) is 0 Å². The van der Waals surface area contributed by atoms with E-state index >= 15 is 0 Å². The van der Waals surface area contributed by atoms with Crippen LogP contribution in [0.15, 0.2) is 67.1 Å². The molecular weight excluding hydrogens is 398 g/mol. The summed E-state index contributed by atoms with van der Waals surface area (Å²) in [5.74, 6) is 0.117. The number of hydrogen-bond donors (Lipinski definition) is 1. The molecule has 164 valence electrons. The predicted octanol–water partition coefficient (Wildman–Crippen LogP) is 3.89. The second kappa shape index (κ2) is 10.3. The highest BCUT2D eigenvalue weighted by atomic mass is 16.2. The molecule has 1 N–H and O–H groups in total. The van der Waals surface area contributed by atoms with Gasteiger partial charge in [0.2, 0.25) is 5.91 Å². The number of carbonyl (C=O) groups is 1. The van der Waals surface area contributed by atoms with Crippen LogP contribution in [-0.2, 0) is 17.9 Å². The van der Waals surface area contributed by atoms with E-state index in [-0.39, 0.29) is 17.9 Å². The lowest BCUT2D eigenvalue weighted by Crippen LogP contribution is -2.43. The maximum absolute atomic E-state index is 13.0. The molecule has 6 nitrogen and oxygen atoms in total. The molecule has 1 fully saturated rings. The molecular formula is C26H29N5O. The smallest absolute Gasteiger partial charge is 0.224 e. The van der Waals surface area contributed by atoms with Crippen LogP contribution in [0.4, 0.5) is 0 Å². The maximum Gasteiger partial charge on any atom is 0.224 e. The first-order chi connectivity index (χ1) is 15.6. The van der Waals surface area contributed by atoms with Gasteiger partial charge < -0.3 is 9.88 Å². The van der Waals surface area contributed by atoms with Crippen molar-refractivity contribution >= 4 is 5.91 Å². The van der Waals surface area contributed by atoms with Gasteiger partial charge in [-0.05, 0) is 49.6 Å². The molecule has 1 aliphatic heterocycles. The van der Waals surface area contributed by atoms with Crippen LogP contribution >= 0.6 is 0 Å². The number of amides is 1. The van der Waals surface area contributed by atoms with Crippen molar-refractivity contribution in [1.82, 2.24) is 19.8 Å². The van der Waals surface area contributed by atoms with Crippen molar-refractivity contribution < 1.29 is 4.79 Å². The minimum Gasteiger partial charge on any atom is -0.348 e. The van der Waals surface area contributed by atoms with Crippen molar-refractivity contribution in [2.75, 3.05) is 13.1 Å². The monoisotopic (exact) mass is 427 g/mol. The van der Waals surface area contributed by atoms with Crippen LogP contribution in [0.5, 0.6) is 0 Å². The summed E-state index contributed by atoms with van der Waals surface area (Å²) >= 11 is 0. The summed E-state index contributed by atoms with van der Waals surface area (Å²) in [5, 5.41) is 12.2. The number of imidazole rings is 1. The minimum absolute atomic E-state index is 0.00445. The molecule has 2 heterocycles. The maximum atomic E-state index is 13.0. The molecule has 32 heavy (non-hydrogen) atoms. The number of likely N-dealkylation sites (tertiary alicyclic amines) is 1. The zero-order chi connectivity index (χ0) is 22.3. The van der Waals surface area contributed by atoms with Crippen LogP contribution in [0, 0.1) is 17.2 Å². The minimum atomic E-state index is -0.132. The summed E-state index contributed by atoms with van der Waals surface area (Å²) in [6.45, 7) is 5.37. The largest absolute Gasteiger partial charge is 0.348 e. The van der Waals surface area contributed by atoms with Crippen LogP contribution in [-0.4, -0.2) is 33.4 Å². The van der Waals surface area contributed by atoms with Gasteiger partial charge in [-0.2, -0.15) is 5.26 Å². The summed E-state index contributed by atoms with van der Waals surface area (Å²) in [7, 11) is 0. The molecule has 0 radical (unpaired) electrons. The SMILES string of the molecule is CC(NC(=O)C1CCCN(Cc2ccccc2)C1)c1cncn1Cc1ccc(C#N)cc1. The molecule has 4 rings (SSSR count). The van der Waals surface area contributed by atoms with Gasteiger partial charge in [0, 0.05) is 19.6 Å². The van der Waals surface area contributed by atoms with Gasteiger partial charge in [0.05, 0.1) is 41.8 Å². The van der Waals surface area contributed by atoms with Crippen LogP contribution in [0.25, 0.3) is 0 Å². The Morgan fingerprint density at radius 2 is 1.91 bits per heavy atom. The number of hydrogen-bond acceptors (Lipinski definition) is 4. The number of carbonyl (C=O) groups excluding carboxylic acids is 1. The Morgan fingerprint density at radius 3 is 2.66 bits per heavy atom. The van der Waals surface area contributed by atoms with E-state index < -0.39 is 0 Å². The summed E-state index contributed by atoms with van der Waals surface area (Å²) in [6, 6.07) is 20.0. The third-order valence-corrected chi connectivity index (χ3v) is 6.11. The first kappa shape index (κ1) is 21.8. The first-order valence-electron chi connectivity index (χ1n) is 11.2. The fourth-order valence-electron chi connectivity index (χ4n) is 4.36. The average Bonchev–Trinajstić information content (AvgIpc) is 3.28. The molecule has 1 aliphatic rings. The number of nitrogens with one attached hydrogen (secondary N) is 1. The summed E-state index contributed by atoms with van der Waals surface area (Å²) in [5.41, 5.74) is 3.99. The molecule has 0 saturated carbocycles. The third kappa shape index (κ3) is 5.43. The summed E-state index contributed by atoms with van der Waals surface area (Å²) < 4.78 is 2.05. The van der Waals surface area contributed by atoms with Crippen molar-refractivity contribution in [3.8, 4) is 6.07 Å². The van der Waals surface area contributed by atoms with Crippen molar-refractivity contribution in [2.24, 2.45) is 5.92 Å². The second-order valence-electron chi connectivity index (χ2n) is 8.55. The molecule has 3 aromatic rings. The Morgan fingerprint density at radius 1 is 1.16 bits per heavy atom.